The number of nitro groups is 1. The molecular formula is C19H17N3O4S. The molecular weight excluding hydrogens is 366 g/mol. The zero-order valence-corrected chi connectivity index (χ0v) is 15.6. The molecule has 2 aromatic carbocycles. The Balaban J connectivity index is 1.90. The lowest BCUT2D eigenvalue weighted by Gasteiger charge is -2.12. The summed E-state index contributed by atoms with van der Waals surface area (Å²) in [6.07, 6.45) is 3.15. The highest BCUT2D eigenvalue weighted by Gasteiger charge is 2.12. The van der Waals surface area contributed by atoms with Crippen molar-refractivity contribution in [2.45, 2.75) is 17.7 Å². The fraction of sp³-hybridized carbons (Fsp3) is 0.158. The molecule has 138 valence electrons. The number of non-ortho nitro benzene ring substituents is 1. The fourth-order valence-electron chi connectivity index (χ4n) is 2.58. The lowest BCUT2D eigenvalue weighted by molar-refractivity contribution is -0.384. The van der Waals surface area contributed by atoms with Crippen molar-refractivity contribution in [3.05, 3.63) is 86.5 Å². The average Bonchev–Trinajstić information content (AvgIpc) is 2.67. The number of aromatic nitrogens is 2. The van der Waals surface area contributed by atoms with Gasteiger partial charge in [0.05, 0.1) is 17.7 Å². The molecule has 0 saturated heterocycles. The number of ether oxygens (including phenoxy) is 1. The van der Waals surface area contributed by atoms with E-state index in [2.05, 4.69) is 4.98 Å². The number of nitro benzene ring substituents is 1. The van der Waals surface area contributed by atoms with Crippen LogP contribution in [0.5, 0.6) is 5.75 Å². The van der Waals surface area contributed by atoms with Gasteiger partial charge in [-0.2, -0.15) is 0 Å². The molecule has 0 radical (unpaired) electrons. The van der Waals surface area contributed by atoms with E-state index < -0.39 is 4.92 Å². The third kappa shape index (κ3) is 4.17. The summed E-state index contributed by atoms with van der Waals surface area (Å²) in [6, 6.07) is 11.9. The Morgan fingerprint density at radius 1 is 1.26 bits per heavy atom. The van der Waals surface area contributed by atoms with E-state index in [4.69, 9.17) is 4.74 Å². The number of rotatable bonds is 6. The van der Waals surface area contributed by atoms with E-state index in [1.165, 1.54) is 28.5 Å². The lowest BCUT2D eigenvalue weighted by atomic mass is 10.2. The second kappa shape index (κ2) is 8.05. The molecule has 0 amide bonds. The van der Waals surface area contributed by atoms with Crippen LogP contribution >= 0.6 is 11.8 Å². The molecule has 0 aliphatic carbocycles. The standard InChI is InChI=1S/C19H17N3O4S/c1-13-6-7-17(26-2)16(10-13)21-9-8-20-18(19(21)23)27-12-14-4-3-5-15(11-14)22(24)25/h3-11H,12H2,1-2H3. The minimum absolute atomic E-state index is 0.0241. The Morgan fingerprint density at radius 3 is 2.81 bits per heavy atom. The first-order valence-corrected chi connectivity index (χ1v) is 9.07. The molecule has 3 rings (SSSR count). The highest BCUT2D eigenvalue weighted by Crippen LogP contribution is 2.24. The lowest BCUT2D eigenvalue weighted by Crippen LogP contribution is -2.21. The fourth-order valence-corrected chi connectivity index (χ4v) is 3.42. The quantitative estimate of drug-likeness (QED) is 0.366. The summed E-state index contributed by atoms with van der Waals surface area (Å²) in [7, 11) is 1.55. The van der Waals surface area contributed by atoms with Crippen LogP contribution in [0.25, 0.3) is 5.69 Å². The van der Waals surface area contributed by atoms with Crippen molar-refractivity contribution in [1.29, 1.82) is 0 Å². The van der Waals surface area contributed by atoms with E-state index in [1.807, 2.05) is 25.1 Å². The first-order chi connectivity index (χ1) is 13.0. The van der Waals surface area contributed by atoms with Gasteiger partial charge in [-0.3, -0.25) is 19.5 Å². The third-order valence-electron chi connectivity index (χ3n) is 3.90. The number of nitrogens with zero attached hydrogens (tertiary/aromatic N) is 3. The van der Waals surface area contributed by atoms with E-state index in [9.17, 15) is 14.9 Å². The maximum absolute atomic E-state index is 12.9. The van der Waals surface area contributed by atoms with Crippen molar-refractivity contribution in [2.75, 3.05) is 7.11 Å². The number of benzene rings is 2. The summed E-state index contributed by atoms with van der Waals surface area (Å²) in [4.78, 5) is 27.5. The predicted octanol–water partition coefficient (Wildman–Crippen LogP) is 3.75. The molecule has 27 heavy (non-hydrogen) atoms. The summed E-state index contributed by atoms with van der Waals surface area (Å²) in [6.45, 7) is 1.94. The monoisotopic (exact) mass is 383 g/mol. The first kappa shape index (κ1) is 18.7. The van der Waals surface area contributed by atoms with Crippen LogP contribution in [-0.4, -0.2) is 21.6 Å². The summed E-state index contributed by atoms with van der Waals surface area (Å²) in [5, 5.41) is 11.2. The van der Waals surface area contributed by atoms with Gasteiger partial charge in [0.1, 0.15) is 5.75 Å². The van der Waals surface area contributed by atoms with E-state index in [-0.39, 0.29) is 11.2 Å². The first-order valence-electron chi connectivity index (χ1n) is 8.08. The zero-order chi connectivity index (χ0) is 19.4. The maximum Gasteiger partial charge on any atom is 0.287 e. The minimum atomic E-state index is -0.439. The van der Waals surface area contributed by atoms with Crippen LogP contribution in [0.2, 0.25) is 0 Å². The van der Waals surface area contributed by atoms with E-state index >= 15 is 0 Å². The average molecular weight is 383 g/mol. The van der Waals surface area contributed by atoms with Gasteiger partial charge in [0, 0.05) is 30.3 Å². The molecule has 1 aromatic heterocycles. The Labute approximate surface area is 159 Å². The third-order valence-corrected chi connectivity index (χ3v) is 4.93. The summed E-state index contributed by atoms with van der Waals surface area (Å²) in [5.41, 5.74) is 2.15. The van der Waals surface area contributed by atoms with Gasteiger partial charge in [-0.25, -0.2) is 4.98 Å². The molecule has 0 fully saturated rings. The molecule has 0 unspecified atom stereocenters. The topological polar surface area (TPSA) is 87.3 Å². The molecule has 0 bridgehead atoms. The van der Waals surface area contributed by atoms with Crippen molar-refractivity contribution < 1.29 is 9.66 Å². The van der Waals surface area contributed by atoms with E-state index in [0.29, 0.717) is 22.2 Å². The van der Waals surface area contributed by atoms with Gasteiger partial charge in [-0.1, -0.05) is 30.0 Å². The Morgan fingerprint density at radius 2 is 2.07 bits per heavy atom. The van der Waals surface area contributed by atoms with Gasteiger partial charge in [-0.15, -0.1) is 0 Å². The molecule has 7 nitrogen and oxygen atoms in total. The van der Waals surface area contributed by atoms with Gasteiger partial charge in [0.15, 0.2) is 5.03 Å². The number of methoxy groups -OCH3 is 1. The van der Waals surface area contributed by atoms with Crippen molar-refractivity contribution >= 4 is 17.4 Å². The SMILES string of the molecule is COc1ccc(C)cc1-n1ccnc(SCc2cccc([N+](=O)[O-])c2)c1=O. The van der Waals surface area contributed by atoms with Gasteiger partial charge < -0.3 is 4.74 Å². The van der Waals surface area contributed by atoms with Crippen LogP contribution in [0.1, 0.15) is 11.1 Å². The number of aryl methyl sites for hydroxylation is 1. The van der Waals surface area contributed by atoms with Crippen LogP contribution in [-0.2, 0) is 5.75 Å². The molecule has 0 saturated carbocycles. The smallest absolute Gasteiger partial charge is 0.287 e. The number of thioether (sulfide) groups is 1. The molecule has 0 spiro atoms. The van der Waals surface area contributed by atoms with Gasteiger partial charge in [-0.05, 0) is 30.2 Å². The molecule has 0 aliphatic rings. The summed E-state index contributed by atoms with van der Waals surface area (Å²) in [5.74, 6) is 0.988. The summed E-state index contributed by atoms with van der Waals surface area (Å²) < 4.78 is 6.86. The molecule has 3 aromatic rings. The van der Waals surface area contributed by atoms with Crippen molar-refractivity contribution in [3.63, 3.8) is 0 Å². The van der Waals surface area contributed by atoms with Crippen molar-refractivity contribution in [2.24, 2.45) is 0 Å². The maximum atomic E-state index is 12.9. The Kier molecular flexibility index (Phi) is 5.56. The second-order valence-electron chi connectivity index (χ2n) is 5.80. The highest BCUT2D eigenvalue weighted by atomic mass is 32.2. The van der Waals surface area contributed by atoms with Gasteiger partial charge >= 0.3 is 0 Å². The highest BCUT2D eigenvalue weighted by molar-refractivity contribution is 7.98. The van der Waals surface area contributed by atoms with Crippen LogP contribution < -0.4 is 10.3 Å². The number of hydrogen-bond donors (Lipinski definition) is 0. The molecule has 0 atom stereocenters. The normalized spacial score (nSPS) is 10.6. The van der Waals surface area contributed by atoms with Crippen LogP contribution in [0.4, 0.5) is 5.69 Å². The van der Waals surface area contributed by atoms with E-state index in [1.54, 1.807) is 31.6 Å². The van der Waals surface area contributed by atoms with E-state index in [0.717, 1.165) is 11.1 Å². The van der Waals surface area contributed by atoms with Crippen LogP contribution in [0.3, 0.4) is 0 Å². The molecule has 1 heterocycles. The molecule has 8 heteroatoms. The molecule has 0 aliphatic heterocycles. The van der Waals surface area contributed by atoms with Crippen LogP contribution in [0.15, 0.2) is 64.7 Å². The second-order valence-corrected chi connectivity index (χ2v) is 6.76. The van der Waals surface area contributed by atoms with Crippen molar-refractivity contribution in [1.82, 2.24) is 9.55 Å². The zero-order valence-electron chi connectivity index (χ0n) is 14.8. The minimum Gasteiger partial charge on any atom is -0.495 e. The Hall–Kier alpha value is -3.13. The predicted molar refractivity (Wildman–Crippen MR) is 104 cm³/mol. The molecule has 0 N–H and O–H groups in total. The number of hydrogen-bond acceptors (Lipinski definition) is 6. The van der Waals surface area contributed by atoms with Crippen LogP contribution in [0, 0.1) is 17.0 Å². The summed E-state index contributed by atoms with van der Waals surface area (Å²) >= 11 is 1.24. The van der Waals surface area contributed by atoms with Gasteiger partial charge in [0.2, 0.25) is 0 Å². The largest absolute Gasteiger partial charge is 0.495 e. The Bertz CT molecular complexity index is 1050. The van der Waals surface area contributed by atoms with Crippen molar-refractivity contribution in [3.8, 4) is 11.4 Å². The van der Waals surface area contributed by atoms with Gasteiger partial charge in [0.25, 0.3) is 11.2 Å².